The molecule has 1 saturated heterocycles. The number of likely N-dealkylation sites (N-methyl/N-ethyl adjacent to an activating group) is 1. The predicted octanol–water partition coefficient (Wildman–Crippen LogP) is 1.72. The number of aryl methyl sites for hydroxylation is 1. The minimum Gasteiger partial charge on any atom is -0.373 e. The van der Waals surface area contributed by atoms with Crippen molar-refractivity contribution in [1.29, 1.82) is 0 Å². The molecule has 32 heavy (non-hydrogen) atoms. The average molecular weight is 435 g/mol. The summed E-state index contributed by atoms with van der Waals surface area (Å²) in [6.07, 6.45) is 4.46. The lowest BCUT2D eigenvalue weighted by atomic mass is 9.98. The smallest absolute Gasteiger partial charge is 0.262 e. The summed E-state index contributed by atoms with van der Waals surface area (Å²) >= 11 is 0. The number of nitrogens with zero attached hydrogens (tertiary/aromatic N) is 7. The predicted molar refractivity (Wildman–Crippen MR) is 113 cm³/mol. The van der Waals surface area contributed by atoms with Crippen molar-refractivity contribution in [2.45, 2.75) is 12.0 Å². The lowest BCUT2D eigenvalue weighted by Crippen LogP contribution is -2.35. The fourth-order valence-corrected chi connectivity index (χ4v) is 3.47. The Labute approximate surface area is 186 Å². The van der Waals surface area contributed by atoms with Crippen molar-refractivity contribution >= 4 is 17.5 Å². The van der Waals surface area contributed by atoms with Gasteiger partial charge in [0.05, 0.1) is 29.0 Å². The third-order valence-corrected chi connectivity index (χ3v) is 5.20. The molecule has 2 N–H and O–H groups in total. The number of hydrogen-bond donors (Lipinski definition) is 2. The van der Waals surface area contributed by atoms with Gasteiger partial charge in [0.15, 0.2) is 5.76 Å². The standard InChI is InChI=1S/C21H20N8O3/c1-28-9-7-21(31,19(28)30)18-10-17(27-32-18)15-5-3-4-14(25-15)16-6-8-22-20(26-16)24-13-11-23-29(2)12-13/h3-6,8,10-12,31H,7,9H2,1-2H3,(H,22,24,26)/t21-/m1/s1/i2D3. The highest BCUT2D eigenvalue weighted by Gasteiger charge is 2.48. The highest BCUT2D eigenvalue weighted by molar-refractivity contribution is 5.87. The molecule has 0 saturated carbocycles. The topological polar surface area (TPSA) is 135 Å². The number of carbonyl (C=O) groups is 1. The van der Waals surface area contributed by atoms with E-state index in [4.69, 9.17) is 8.64 Å². The first-order chi connectivity index (χ1) is 16.6. The minimum absolute atomic E-state index is 0.0696. The number of aliphatic hydroxyl groups is 1. The zero-order valence-corrected chi connectivity index (χ0v) is 16.9. The first-order valence-electron chi connectivity index (χ1n) is 11.2. The molecule has 4 aromatic heterocycles. The molecule has 1 amide bonds. The van der Waals surface area contributed by atoms with Crippen molar-refractivity contribution in [3.05, 3.63) is 54.7 Å². The minimum atomic E-state index is -2.38. The van der Waals surface area contributed by atoms with Gasteiger partial charge in [-0.1, -0.05) is 11.2 Å². The van der Waals surface area contributed by atoms with Crippen LogP contribution in [0, 0.1) is 0 Å². The van der Waals surface area contributed by atoms with Gasteiger partial charge in [-0.3, -0.25) is 9.48 Å². The Morgan fingerprint density at radius 2 is 2.03 bits per heavy atom. The summed E-state index contributed by atoms with van der Waals surface area (Å²) in [6.45, 7) is -1.97. The average Bonchev–Trinajstić information content (AvgIpc) is 3.57. The van der Waals surface area contributed by atoms with Crippen LogP contribution in [0.5, 0.6) is 0 Å². The summed E-state index contributed by atoms with van der Waals surface area (Å²) in [5.74, 6) is -0.137. The van der Waals surface area contributed by atoms with Gasteiger partial charge < -0.3 is 19.8 Å². The molecule has 5 heterocycles. The Morgan fingerprint density at radius 1 is 1.22 bits per heavy atom. The number of rotatable bonds is 5. The van der Waals surface area contributed by atoms with Crippen molar-refractivity contribution in [3.8, 4) is 22.8 Å². The Hall–Kier alpha value is -4.12. The summed E-state index contributed by atoms with van der Waals surface area (Å²) in [4.78, 5) is 27.0. The van der Waals surface area contributed by atoms with Crippen LogP contribution in [0.15, 0.2) is 53.4 Å². The maximum Gasteiger partial charge on any atom is 0.262 e. The van der Waals surface area contributed by atoms with E-state index in [1.165, 1.54) is 23.4 Å². The molecule has 1 aliphatic rings. The van der Waals surface area contributed by atoms with Crippen LogP contribution in [0.1, 0.15) is 16.3 Å². The van der Waals surface area contributed by atoms with E-state index in [1.54, 1.807) is 37.5 Å². The van der Waals surface area contributed by atoms with E-state index >= 15 is 0 Å². The number of pyridine rings is 1. The van der Waals surface area contributed by atoms with Gasteiger partial charge in [-0.2, -0.15) is 5.10 Å². The number of carbonyl (C=O) groups excluding carboxylic acids is 1. The summed E-state index contributed by atoms with van der Waals surface area (Å²) in [6, 6.07) is 8.43. The highest BCUT2D eigenvalue weighted by atomic mass is 16.5. The van der Waals surface area contributed by atoms with Crippen LogP contribution in [0.4, 0.5) is 11.6 Å². The van der Waals surface area contributed by atoms with Crippen LogP contribution in [0.3, 0.4) is 0 Å². The molecule has 1 aliphatic heterocycles. The molecular weight excluding hydrogens is 412 g/mol. The Bertz CT molecular complexity index is 1400. The summed E-state index contributed by atoms with van der Waals surface area (Å²) in [5.41, 5.74) is 0.529. The van der Waals surface area contributed by atoms with Crippen LogP contribution in [-0.4, -0.2) is 59.4 Å². The zero-order chi connectivity index (χ0) is 24.8. The number of aromatic nitrogens is 6. The van der Waals surface area contributed by atoms with Gasteiger partial charge in [0, 0.05) is 49.6 Å². The Kier molecular flexibility index (Phi) is 3.90. The Balaban J connectivity index is 1.39. The number of hydrogen-bond acceptors (Lipinski definition) is 9. The van der Waals surface area contributed by atoms with Gasteiger partial charge in [0.1, 0.15) is 5.69 Å². The molecule has 0 bridgehead atoms. The third kappa shape index (κ3) is 3.48. The number of likely N-dealkylation sites (tertiary alicyclic amines) is 1. The number of nitrogens with one attached hydrogen (secondary N) is 1. The maximum atomic E-state index is 12.3. The van der Waals surface area contributed by atoms with Crippen LogP contribution in [0.2, 0.25) is 0 Å². The molecule has 1 fully saturated rings. The van der Waals surface area contributed by atoms with Gasteiger partial charge in [-0.25, -0.2) is 15.0 Å². The SMILES string of the molecule is [2H]C([2H])([2H])n1cc(Nc2nccc(-c3cccc(-c4cc([C@]5(O)CCN(C)C5=O)on4)n3)n2)cn1. The quantitative estimate of drug-likeness (QED) is 0.480. The summed E-state index contributed by atoms with van der Waals surface area (Å²) in [7, 11) is 1.62. The van der Waals surface area contributed by atoms with Gasteiger partial charge in [-0.05, 0) is 18.2 Å². The molecule has 11 heteroatoms. The molecule has 0 unspecified atom stereocenters. The molecule has 162 valence electrons. The summed E-state index contributed by atoms with van der Waals surface area (Å²) in [5, 5.41) is 21.5. The Morgan fingerprint density at radius 3 is 2.78 bits per heavy atom. The molecular formula is C21H20N8O3. The molecule has 0 aliphatic carbocycles. The van der Waals surface area contributed by atoms with Gasteiger partial charge in [0.2, 0.25) is 11.5 Å². The van der Waals surface area contributed by atoms with Gasteiger partial charge in [-0.15, -0.1) is 0 Å². The summed E-state index contributed by atoms with van der Waals surface area (Å²) < 4.78 is 28.4. The lowest BCUT2D eigenvalue weighted by Gasteiger charge is -2.16. The van der Waals surface area contributed by atoms with Gasteiger partial charge >= 0.3 is 0 Å². The molecule has 0 aromatic carbocycles. The van der Waals surface area contributed by atoms with Crippen LogP contribution >= 0.6 is 0 Å². The first-order valence-corrected chi connectivity index (χ1v) is 9.72. The van der Waals surface area contributed by atoms with E-state index in [2.05, 4.69) is 30.5 Å². The first kappa shape index (κ1) is 16.6. The molecule has 11 nitrogen and oxygen atoms in total. The molecule has 0 radical (unpaired) electrons. The fourth-order valence-electron chi connectivity index (χ4n) is 3.47. The van der Waals surface area contributed by atoms with Crippen molar-refractivity contribution in [2.75, 3.05) is 18.9 Å². The van der Waals surface area contributed by atoms with Crippen molar-refractivity contribution in [2.24, 2.45) is 6.98 Å². The second-order valence-electron chi connectivity index (χ2n) is 7.39. The monoisotopic (exact) mass is 435 g/mol. The van der Waals surface area contributed by atoms with E-state index < -0.39 is 18.5 Å². The molecule has 5 rings (SSSR count). The van der Waals surface area contributed by atoms with Crippen molar-refractivity contribution in [3.63, 3.8) is 0 Å². The van der Waals surface area contributed by atoms with E-state index in [-0.39, 0.29) is 18.1 Å². The second kappa shape index (κ2) is 7.54. The van der Waals surface area contributed by atoms with E-state index in [1.807, 2.05) is 0 Å². The fraction of sp³-hybridized carbons (Fsp3) is 0.238. The number of anilines is 2. The van der Waals surface area contributed by atoms with E-state index in [9.17, 15) is 9.90 Å². The molecule has 1 atom stereocenters. The van der Waals surface area contributed by atoms with Crippen LogP contribution < -0.4 is 5.32 Å². The van der Waals surface area contributed by atoms with Gasteiger partial charge in [0.25, 0.3) is 5.91 Å². The molecule has 0 spiro atoms. The van der Waals surface area contributed by atoms with Crippen LogP contribution in [0.25, 0.3) is 22.8 Å². The number of amides is 1. The maximum absolute atomic E-state index is 12.3. The van der Waals surface area contributed by atoms with Crippen molar-refractivity contribution in [1.82, 2.24) is 34.8 Å². The highest BCUT2D eigenvalue weighted by Crippen LogP contribution is 2.34. The van der Waals surface area contributed by atoms with Crippen LogP contribution in [-0.2, 0) is 17.4 Å². The van der Waals surface area contributed by atoms with E-state index in [0.29, 0.717) is 35.0 Å². The third-order valence-electron chi connectivity index (χ3n) is 5.20. The molecule has 4 aromatic rings. The largest absolute Gasteiger partial charge is 0.373 e. The van der Waals surface area contributed by atoms with E-state index in [0.717, 1.165) is 4.68 Å². The zero-order valence-electron chi connectivity index (χ0n) is 19.9. The normalized spacial score (nSPS) is 20.1. The second-order valence-corrected chi connectivity index (χ2v) is 7.39. The lowest BCUT2D eigenvalue weighted by molar-refractivity contribution is -0.144. The van der Waals surface area contributed by atoms with Crippen molar-refractivity contribution < 1.29 is 18.5 Å².